The number of nitrogens with one attached hydrogen (secondary N) is 2. The second-order valence-corrected chi connectivity index (χ2v) is 5.12. The Labute approximate surface area is 123 Å². The lowest BCUT2D eigenvalue weighted by atomic mass is 10.2. The number of rotatable bonds is 5. The summed E-state index contributed by atoms with van der Waals surface area (Å²) in [6.07, 6.45) is 1.83. The highest BCUT2D eigenvalue weighted by Crippen LogP contribution is 2.31. The van der Waals surface area contributed by atoms with Crippen LogP contribution in [0.2, 0.25) is 5.02 Å². The molecular formula is C14H18ClN3O2. The number of amides is 2. The van der Waals surface area contributed by atoms with E-state index in [1.54, 1.807) is 30.1 Å². The Balaban J connectivity index is 2.06. The second kappa shape index (κ2) is 6.72. The minimum Gasteiger partial charge on any atom is -0.326 e. The van der Waals surface area contributed by atoms with Crippen LogP contribution in [0.1, 0.15) is 19.3 Å². The van der Waals surface area contributed by atoms with E-state index in [1.165, 1.54) is 0 Å². The molecule has 1 saturated heterocycles. The predicted octanol–water partition coefficient (Wildman–Crippen LogP) is 2.01. The maximum Gasteiger partial charge on any atom is 0.227 e. The number of carbonyl (C=O) groups excluding carboxylic acids is 2. The molecule has 2 amide bonds. The molecule has 20 heavy (non-hydrogen) atoms. The molecule has 1 heterocycles. The summed E-state index contributed by atoms with van der Waals surface area (Å²) >= 11 is 6.21. The number of benzene rings is 1. The largest absolute Gasteiger partial charge is 0.326 e. The summed E-state index contributed by atoms with van der Waals surface area (Å²) < 4.78 is 0. The van der Waals surface area contributed by atoms with Crippen molar-refractivity contribution in [2.45, 2.75) is 19.3 Å². The lowest BCUT2D eigenvalue weighted by Crippen LogP contribution is -2.24. The molecule has 0 spiro atoms. The summed E-state index contributed by atoms with van der Waals surface area (Å²) in [5, 5.41) is 6.17. The van der Waals surface area contributed by atoms with Crippen LogP contribution in [-0.4, -0.2) is 32.0 Å². The third-order valence-corrected chi connectivity index (χ3v) is 3.50. The van der Waals surface area contributed by atoms with Gasteiger partial charge >= 0.3 is 0 Å². The van der Waals surface area contributed by atoms with Crippen LogP contribution in [0.4, 0.5) is 11.4 Å². The topological polar surface area (TPSA) is 61.4 Å². The van der Waals surface area contributed by atoms with Crippen molar-refractivity contribution < 1.29 is 9.59 Å². The zero-order valence-electron chi connectivity index (χ0n) is 11.4. The van der Waals surface area contributed by atoms with Crippen LogP contribution < -0.4 is 15.5 Å². The van der Waals surface area contributed by atoms with E-state index in [1.807, 2.05) is 0 Å². The normalized spacial score (nSPS) is 14.7. The smallest absolute Gasteiger partial charge is 0.227 e. The van der Waals surface area contributed by atoms with E-state index in [-0.39, 0.29) is 11.8 Å². The molecule has 1 aliphatic rings. The van der Waals surface area contributed by atoms with Gasteiger partial charge in [-0.15, -0.1) is 0 Å². The fourth-order valence-corrected chi connectivity index (χ4v) is 2.45. The molecule has 0 atom stereocenters. The average molecular weight is 296 g/mol. The highest BCUT2D eigenvalue weighted by atomic mass is 35.5. The van der Waals surface area contributed by atoms with Gasteiger partial charge in [-0.05, 0) is 31.7 Å². The van der Waals surface area contributed by atoms with E-state index in [0.717, 1.165) is 6.42 Å². The van der Waals surface area contributed by atoms with Gasteiger partial charge in [-0.2, -0.15) is 0 Å². The predicted molar refractivity (Wildman–Crippen MR) is 80.2 cm³/mol. The quantitative estimate of drug-likeness (QED) is 0.873. The fourth-order valence-electron chi connectivity index (χ4n) is 2.17. The van der Waals surface area contributed by atoms with Crippen molar-refractivity contribution in [2.24, 2.45) is 0 Å². The lowest BCUT2D eigenvalue weighted by Gasteiger charge is -2.18. The molecular weight excluding hydrogens is 278 g/mol. The van der Waals surface area contributed by atoms with E-state index < -0.39 is 0 Å². The minimum absolute atomic E-state index is 0.0691. The molecule has 0 aliphatic carbocycles. The maximum absolute atomic E-state index is 11.7. The van der Waals surface area contributed by atoms with E-state index in [0.29, 0.717) is 42.3 Å². The summed E-state index contributed by atoms with van der Waals surface area (Å²) in [4.78, 5) is 25.0. The molecule has 0 radical (unpaired) electrons. The Morgan fingerprint density at radius 3 is 2.85 bits per heavy atom. The molecule has 6 heteroatoms. The van der Waals surface area contributed by atoms with Crippen LogP contribution in [0.3, 0.4) is 0 Å². The van der Waals surface area contributed by atoms with Crippen LogP contribution in [0.5, 0.6) is 0 Å². The van der Waals surface area contributed by atoms with Gasteiger partial charge < -0.3 is 15.5 Å². The first kappa shape index (κ1) is 14.8. The molecule has 0 saturated carbocycles. The molecule has 2 rings (SSSR count). The zero-order valence-corrected chi connectivity index (χ0v) is 12.2. The second-order valence-electron chi connectivity index (χ2n) is 4.72. The van der Waals surface area contributed by atoms with Crippen LogP contribution in [0, 0.1) is 0 Å². The Morgan fingerprint density at radius 1 is 1.45 bits per heavy atom. The summed E-state index contributed by atoms with van der Waals surface area (Å²) in [6, 6.07) is 5.23. The Bertz CT molecular complexity index is 519. The van der Waals surface area contributed by atoms with Gasteiger partial charge in [0.15, 0.2) is 0 Å². The van der Waals surface area contributed by atoms with E-state index in [2.05, 4.69) is 10.6 Å². The lowest BCUT2D eigenvalue weighted by molar-refractivity contribution is -0.117. The summed E-state index contributed by atoms with van der Waals surface area (Å²) in [5.74, 6) is 0.0260. The van der Waals surface area contributed by atoms with E-state index >= 15 is 0 Å². The highest BCUT2D eigenvalue weighted by Gasteiger charge is 2.23. The van der Waals surface area contributed by atoms with Crippen molar-refractivity contribution in [3.8, 4) is 0 Å². The number of anilines is 2. The van der Waals surface area contributed by atoms with Gasteiger partial charge in [0.05, 0.1) is 10.7 Å². The van der Waals surface area contributed by atoms with E-state index in [4.69, 9.17) is 11.6 Å². The molecule has 1 aliphatic heterocycles. The third-order valence-electron chi connectivity index (χ3n) is 3.20. The molecule has 1 aromatic rings. The molecule has 0 aromatic heterocycles. The number of nitrogens with zero attached hydrogens (tertiary/aromatic N) is 1. The third kappa shape index (κ3) is 3.49. The van der Waals surface area contributed by atoms with E-state index in [9.17, 15) is 9.59 Å². The first-order valence-electron chi connectivity index (χ1n) is 6.66. The molecule has 0 unspecified atom stereocenters. The standard InChI is InChI=1S/C14H18ClN3O2/c1-16-7-6-13(19)17-10-4-5-12(11(15)9-10)18-8-2-3-14(18)20/h4-5,9,16H,2-3,6-8H2,1H3,(H,17,19). The van der Waals surface area contributed by atoms with Gasteiger partial charge in [0, 0.05) is 31.6 Å². The SMILES string of the molecule is CNCCC(=O)Nc1ccc(N2CCCC2=O)c(Cl)c1. The Hall–Kier alpha value is -1.59. The first-order chi connectivity index (χ1) is 9.61. The van der Waals surface area contributed by atoms with Gasteiger partial charge in [-0.1, -0.05) is 11.6 Å². The summed E-state index contributed by atoms with van der Waals surface area (Å²) in [7, 11) is 1.80. The van der Waals surface area contributed by atoms with Crippen LogP contribution in [0.15, 0.2) is 18.2 Å². The van der Waals surface area contributed by atoms with Crippen molar-refractivity contribution in [3.63, 3.8) is 0 Å². The molecule has 108 valence electrons. The Morgan fingerprint density at radius 2 is 2.25 bits per heavy atom. The summed E-state index contributed by atoms with van der Waals surface area (Å²) in [5.41, 5.74) is 1.36. The minimum atomic E-state index is -0.0691. The summed E-state index contributed by atoms with van der Waals surface area (Å²) in [6.45, 7) is 1.33. The molecule has 2 N–H and O–H groups in total. The highest BCUT2D eigenvalue weighted by molar-refractivity contribution is 6.34. The average Bonchev–Trinajstić information content (AvgIpc) is 2.83. The molecule has 1 aromatic carbocycles. The fraction of sp³-hybridized carbons (Fsp3) is 0.429. The molecule has 1 fully saturated rings. The van der Waals surface area contributed by atoms with Gasteiger partial charge in [-0.3, -0.25) is 9.59 Å². The monoisotopic (exact) mass is 295 g/mol. The van der Waals surface area contributed by atoms with Crippen molar-refractivity contribution in [3.05, 3.63) is 23.2 Å². The van der Waals surface area contributed by atoms with Gasteiger partial charge in [-0.25, -0.2) is 0 Å². The van der Waals surface area contributed by atoms with Crippen LogP contribution in [-0.2, 0) is 9.59 Å². The van der Waals surface area contributed by atoms with Crippen molar-refractivity contribution in [1.29, 1.82) is 0 Å². The number of hydrogen-bond acceptors (Lipinski definition) is 3. The maximum atomic E-state index is 11.7. The van der Waals surface area contributed by atoms with Gasteiger partial charge in [0.25, 0.3) is 0 Å². The molecule has 0 bridgehead atoms. The van der Waals surface area contributed by atoms with Crippen LogP contribution in [0.25, 0.3) is 0 Å². The first-order valence-corrected chi connectivity index (χ1v) is 7.04. The Kier molecular flexibility index (Phi) is 4.98. The van der Waals surface area contributed by atoms with Crippen molar-refractivity contribution >= 4 is 34.8 Å². The van der Waals surface area contributed by atoms with Crippen molar-refractivity contribution in [1.82, 2.24) is 5.32 Å². The molecule has 5 nitrogen and oxygen atoms in total. The zero-order chi connectivity index (χ0) is 14.5. The number of halogens is 1. The van der Waals surface area contributed by atoms with Gasteiger partial charge in [0.2, 0.25) is 11.8 Å². The number of carbonyl (C=O) groups is 2. The van der Waals surface area contributed by atoms with Gasteiger partial charge in [0.1, 0.15) is 0 Å². The number of hydrogen-bond donors (Lipinski definition) is 2. The van der Waals surface area contributed by atoms with Crippen LogP contribution >= 0.6 is 11.6 Å². The van der Waals surface area contributed by atoms with Crippen molar-refractivity contribution in [2.75, 3.05) is 30.4 Å².